The van der Waals surface area contributed by atoms with Crippen LogP contribution in [0.25, 0.3) is 5.69 Å². The van der Waals surface area contributed by atoms with Gasteiger partial charge in [0, 0.05) is 51.4 Å². The Kier molecular flexibility index (Phi) is 6.14. The fourth-order valence-electron chi connectivity index (χ4n) is 3.74. The molecule has 1 aromatic carbocycles. The van der Waals surface area contributed by atoms with E-state index in [1.54, 1.807) is 23.0 Å². The Morgan fingerprint density at radius 1 is 1.25 bits per heavy atom. The van der Waals surface area contributed by atoms with Crippen LogP contribution < -0.4 is 5.73 Å². The second-order valence-corrected chi connectivity index (χ2v) is 7.73. The van der Waals surface area contributed by atoms with Gasteiger partial charge in [-0.2, -0.15) is 5.10 Å². The van der Waals surface area contributed by atoms with Crippen LogP contribution in [0.3, 0.4) is 0 Å². The fraction of sp³-hybridized carbons (Fsp3) is 0.476. The smallest absolute Gasteiger partial charge is 0.227 e. The van der Waals surface area contributed by atoms with Crippen LogP contribution in [0.5, 0.6) is 0 Å². The summed E-state index contributed by atoms with van der Waals surface area (Å²) in [7, 11) is 1.80. The van der Waals surface area contributed by atoms with Gasteiger partial charge < -0.3 is 15.5 Å². The predicted octanol–water partition coefficient (Wildman–Crippen LogP) is 1.72. The maximum absolute atomic E-state index is 13.0. The van der Waals surface area contributed by atoms with Gasteiger partial charge >= 0.3 is 0 Å². The first kappa shape index (κ1) is 20.1. The lowest BCUT2D eigenvalue weighted by Crippen LogP contribution is -2.42. The van der Waals surface area contributed by atoms with Crippen molar-refractivity contribution < 1.29 is 9.59 Å². The first-order valence-electron chi connectivity index (χ1n) is 9.70. The summed E-state index contributed by atoms with van der Waals surface area (Å²) in [5.41, 5.74) is 9.20. The highest BCUT2D eigenvalue weighted by Gasteiger charge is 2.30. The number of likely N-dealkylation sites (tertiary alicyclic amines) is 1. The van der Waals surface area contributed by atoms with Gasteiger partial charge in [0.05, 0.1) is 17.8 Å². The summed E-state index contributed by atoms with van der Waals surface area (Å²) in [4.78, 5) is 28.2. The van der Waals surface area contributed by atoms with Crippen molar-refractivity contribution >= 4 is 11.8 Å². The Hall–Kier alpha value is -2.67. The maximum Gasteiger partial charge on any atom is 0.227 e. The Morgan fingerprint density at radius 3 is 2.71 bits per heavy atom. The number of nitrogens with zero attached hydrogens (tertiary/aromatic N) is 4. The molecular weight excluding hydrogens is 354 g/mol. The largest absolute Gasteiger partial charge is 0.341 e. The topological polar surface area (TPSA) is 84.5 Å². The molecule has 7 nitrogen and oxygen atoms in total. The second kappa shape index (κ2) is 8.56. The first-order valence-corrected chi connectivity index (χ1v) is 9.70. The van der Waals surface area contributed by atoms with Crippen molar-refractivity contribution in [3.63, 3.8) is 0 Å². The summed E-state index contributed by atoms with van der Waals surface area (Å²) >= 11 is 0. The highest BCUT2D eigenvalue weighted by atomic mass is 16.2. The summed E-state index contributed by atoms with van der Waals surface area (Å²) in [6.07, 6.45) is 5.20. The summed E-state index contributed by atoms with van der Waals surface area (Å²) in [6.45, 7) is 5.02. The van der Waals surface area contributed by atoms with Gasteiger partial charge in [0.15, 0.2) is 0 Å². The lowest BCUT2D eigenvalue weighted by atomic mass is 10.0. The van der Waals surface area contributed by atoms with E-state index in [9.17, 15) is 9.59 Å². The van der Waals surface area contributed by atoms with Crippen molar-refractivity contribution in [2.45, 2.75) is 39.3 Å². The van der Waals surface area contributed by atoms with Crippen LogP contribution in [-0.2, 0) is 16.1 Å². The Morgan fingerprint density at radius 2 is 2.00 bits per heavy atom. The molecule has 150 valence electrons. The van der Waals surface area contributed by atoms with Crippen LogP contribution in [0.2, 0.25) is 0 Å². The number of carbonyl (C=O) groups excluding carboxylic acids is 2. The average molecular weight is 383 g/mol. The summed E-state index contributed by atoms with van der Waals surface area (Å²) in [5.74, 6) is -0.199. The molecule has 2 amide bonds. The van der Waals surface area contributed by atoms with E-state index >= 15 is 0 Å². The Balaban J connectivity index is 1.67. The van der Waals surface area contributed by atoms with Crippen molar-refractivity contribution in [3.8, 4) is 5.69 Å². The quantitative estimate of drug-likeness (QED) is 0.871. The van der Waals surface area contributed by atoms with E-state index in [2.05, 4.69) is 5.10 Å². The molecule has 2 aromatic rings. The third-order valence-electron chi connectivity index (χ3n) is 5.37. The lowest BCUT2D eigenvalue weighted by Gasteiger charge is -2.26. The molecule has 0 saturated carbocycles. The van der Waals surface area contributed by atoms with Crippen molar-refractivity contribution in [3.05, 3.63) is 47.8 Å². The molecule has 0 spiro atoms. The molecule has 2 atom stereocenters. The highest BCUT2D eigenvalue weighted by Crippen LogP contribution is 2.20. The molecule has 2 N–H and O–H groups in total. The molecule has 1 fully saturated rings. The van der Waals surface area contributed by atoms with Crippen molar-refractivity contribution in [1.82, 2.24) is 19.6 Å². The molecule has 1 saturated heterocycles. The van der Waals surface area contributed by atoms with Crippen molar-refractivity contribution in [1.29, 1.82) is 0 Å². The minimum atomic E-state index is -0.214. The van der Waals surface area contributed by atoms with E-state index < -0.39 is 0 Å². The van der Waals surface area contributed by atoms with Crippen LogP contribution in [0, 0.1) is 12.8 Å². The monoisotopic (exact) mass is 383 g/mol. The summed E-state index contributed by atoms with van der Waals surface area (Å²) in [5, 5.41) is 4.44. The van der Waals surface area contributed by atoms with Crippen LogP contribution in [0.1, 0.15) is 30.9 Å². The van der Waals surface area contributed by atoms with Gasteiger partial charge in [-0.1, -0.05) is 18.2 Å². The van der Waals surface area contributed by atoms with Gasteiger partial charge in [-0.15, -0.1) is 0 Å². The molecule has 3 rings (SSSR count). The molecule has 0 unspecified atom stereocenters. The highest BCUT2D eigenvalue weighted by molar-refractivity contribution is 5.80. The van der Waals surface area contributed by atoms with Gasteiger partial charge in [-0.05, 0) is 31.4 Å². The van der Waals surface area contributed by atoms with E-state index in [-0.39, 0.29) is 23.8 Å². The third kappa shape index (κ3) is 4.59. The van der Waals surface area contributed by atoms with E-state index in [0.717, 1.165) is 23.2 Å². The Bertz CT molecular complexity index is 847. The lowest BCUT2D eigenvalue weighted by molar-refractivity contribution is -0.137. The molecule has 28 heavy (non-hydrogen) atoms. The number of rotatable bonds is 4. The first-order chi connectivity index (χ1) is 13.3. The van der Waals surface area contributed by atoms with Crippen LogP contribution in [0.15, 0.2) is 36.7 Å². The van der Waals surface area contributed by atoms with Crippen LogP contribution >= 0.6 is 0 Å². The number of aromatic nitrogens is 2. The zero-order valence-corrected chi connectivity index (χ0v) is 16.8. The van der Waals surface area contributed by atoms with E-state index in [1.807, 2.05) is 42.1 Å². The zero-order chi connectivity index (χ0) is 20.3. The zero-order valence-electron chi connectivity index (χ0n) is 16.8. The SMILES string of the molecule is CC(=O)N1C[C@@H](N)CC[C@@H](C(=O)N(C)Cc2cnn(-c3ccccc3C)c2)C1. The van der Waals surface area contributed by atoms with E-state index in [0.29, 0.717) is 26.1 Å². The molecule has 0 aliphatic carbocycles. The van der Waals surface area contributed by atoms with E-state index in [1.165, 1.54) is 6.92 Å². The normalized spacial score (nSPS) is 19.9. The number of nitrogens with two attached hydrogens (primary N) is 1. The molecule has 1 aliphatic heterocycles. The van der Waals surface area contributed by atoms with Gasteiger partial charge in [0.1, 0.15) is 0 Å². The number of benzene rings is 1. The number of amides is 2. The number of carbonyl (C=O) groups is 2. The number of para-hydroxylation sites is 1. The molecule has 1 aliphatic rings. The maximum atomic E-state index is 13.0. The molecule has 1 aromatic heterocycles. The van der Waals surface area contributed by atoms with Gasteiger partial charge in [-0.3, -0.25) is 9.59 Å². The summed E-state index contributed by atoms with van der Waals surface area (Å²) in [6, 6.07) is 7.98. The molecule has 0 radical (unpaired) electrons. The number of hydrogen-bond donors (Lipinski definition) is 1. The number of hydrogen-bond acceptors (Lipinski definition) is 4. The minimum Gasteiger partial charge on any atom is -0.341 e. The van der Waals surface area contributed by atoms with Crippen molar-refractivity contribution in [2.75, 3.05) is 20.1 Å². The summed E-state index contributed by atoms with van der Waals surface area (Å²) < 4.78 is 1.84. The molecular formula is C21H29N5O2. The molecule has 0 bridgehead atoms. The van der Waals surface area contributed by atoms with Crippen LogP contribution in [-0.4, -0.2) is 57.6 Å². The van der Waals surface area contributed by atoms with Gasteiger partial charge in [0.25, 0.3) is 0 Å². The predicted molar refractivity (Wildman–Crippen MR) is 108 cm³/mol. The standard InChI is InChI=1S/C21H29N5O2/c1-15-6-4-5-7-20(15)26-12-17(10-23-26)11-24(3)21(28)18-8-9-19(22)14-25(13-18)16(2)27/h4-7,10,12,18-19H,8-9,11,13-14,22H2,1-3H3/t18-,19+/m1/s1. The third-order valence-corrected chi connectivity index (χ3v) is 5.37. The van der Waals surface area contributed by atoms with Gasteiger partial charge in [-0.25, -0.2) is 4.68 Å². The van der Waals surface area contributed by atoms with E-state index in [4.69, 9.17) is 5.73 Å². The average Bonchev–Trinajstić information content (AvgIpc) is 3.02. The van der Waals surface area contributed by atoms with Gasteiger partial charge in [0.2, 0.25) is 11.8 Å². The molecule has 7 heteroatoms. The molecule has 2 heterocycles. The minimum absolute atomic E-state index is 0.0303. The van der Waals surface area contributed by atoms with Crippen molar-refractivity contribution in [2.24, 2.45) is 11.7 Å². The second-order valence-electron chi connectivity index (χ2n) is 7.73. The Labute approximate surface area is 166 Å². The van der Waals surface area contributed by atoms with Crippen LogP contribution in [0.4, 0.5) is 0 Å². The fourth-order valence-corrected chi connectivity index (χ4v) is 3.74. The number of aryl methyl sites for hydroxylation is 1.